The number of ether oxygens (including phenoxy) is 1. The number of anilines is 1. The van der Waals surface area contributed by atoms with Crippen molar-refractivity contribution in [3.63, 3.8) is 0 Å². The average molecular weight is 388 g/mol. The molecule has 3 aromatic carbocycles. The van der Waals surface area contributed by atoms with Gasteiger partial charge in [0.25, 0.3) is 5.91 Å². The molecular weight excluding hydrogens is 364 g/mol. The number of carbonyl (C=O) groups excluding carboxylic acids is 2. The minimum atomic E-state index is -0.456. The summed E-state index contributed by atoms with van der Waals surface area (Å²) in [5.74, 6) is -0.0822. The number of nitrogens with one attached hydrogen (secondary N) is 2. The van der Waals surface area contributed by atoms with Gasteiger partial charge < -0.3 is 10.1 Å². The number of benzene rings is 3. The molecule has 0 aliphatic heterocycles. The number of hydrogen-bond acceptors (Lipinski definition) is 3. The van der Waals surface area contributed by atoms with Gasteiger partial charge in [0.05, 0.1) is 0 Å². The van der Waals surface area contributed by atoms with E-state index in [4.69, 9.17) is 4.74 Å². The van der Waals surface area contributed by atoms with Gasteiger partial charge in [0.2, 0.25) is 0 Å². The van der Waals surface area contributed by atoms with Crippen molar-refractivity contribution in [2.75, 3.05) is 5.32 Å². The van der Waals surface area contributed by atoms with Gasteiger partial charge in [0, 0.05) is 23.7 Å². The molecule has 4 rings (SSSR count). The van der Waals surface area contributed by atoms with Crippen LogP contribution in [0.4, 0.5) is 10.5 Å². The average Bonchev–Trinajstić information content (AvgIpc) is 2.74. The van der Waals surface area contributed by atoms with Crippen molar-refractivity contribution in [2.24, 2.45) is 0 Å². The molecule has 1 aliphatic rings. The Hall–Kier alpha value is -3.34. The third-order valence-electron chi connectivity index (χ3n) is 5.29. The SMILES string of the molecule is O=C(Nc1ccccc1)O[C@@H]1CCC[C@H](NC(=O)c2cccc3ccccc23)C1. The van der Waals surface area contributed by atoms with Crippen LogP contribution in [0.5, 0.6) is 0 Å². The molecule has 5 nitrogen and oxygen atoms in total. The monoisotopic (exact) mass is 388 g/mol. The van der Waals surface area contributed by atoms with E-state index in [1.165, 1.54) is 0 Å². The van der Waals surface area contributed by atoms with Crippen molar-refractivity contribution in [1.82, 2.24) is 5.32 Å². The van der Waals surface area contributed by atoms with Crippen LogP contribution in [-0.2, 0) is 4.74 Å². The minimum Gasteiger partial charge on any atom is -0.446 e. The first-order valence-electron chi connectivity index (χ1n) is 10.0. The van der Waals surface area contributed by atoms with Crippen molar-refractivity contribution in [3.8, 4) is 0 Å². The zero-order valence-corrected chi connectivity index (χ0v) is 16.1. The highest BCUT2D eigenvalue weighted by atomic mass is 16.6. The van der Waals surface area contributed by atoms with Gasteiger partial charge >= 0.3 is 6.09 Å². The lowest BCUT2D eigenvalue weighted by Gasteiger charge is -2.29. The summed E-state index contributed by atoms with van der Waals surface area (Å²) in [4.78, 5) is 25.0. The van der Waals surface area contributed by atoms with Gasteiger partial charge in [-0.15, -0.1) is 0 Å². The maximum absolute atomic E-state index is 12.9. The standard InChI is InChI=1S/C24H24N2O3/c27-23(22-15-6-9-17-8-4-5-14-21(17)22)25-19-12-7-13-20(16-19)29-24(28)26-18-10-2-1-3-11-18/h1-6,8-11,14-15,19-20H,7,12-13,16H2,(H,25,27)(H,26,28)/t19-,20+/m0/s1. The summed E-state index contributed by atoms with van der Waals surface area (Å²) in [7, 11) is 0. The Bertz CT molecular complexity index is 998. The molecule has 1 fully saturated rings. The highest BCUT2D eigenvalue weighted by Crippen LogP contribution is 2.24. The summed E-state index contributed by atoms with van der Waals surface area (Å²) in [6.45, 7) is 0. The molecule has 0 unspecified atom stereocenters. The lowest BCUT2D eigenvalue weighted by atomic mass is 9.92. The van der Waals surface area contributed by atoms with E-state index in [1.54, 1.807) is 0 Å². The van der Waals surface area contributed by atoms with Crippen LogP contribution >= 0.6 is 0 Å². The molecule has 0 saturated heterocycles. The number of rotatable bonds is 4. The summed E-state index contributed by atoms with van der Waals surface area (Å²) >= 11 is 0. The van der Waals surface area contributed by atoms with Crippen LogP contribution in [0.3, 0.4) is 0 Å². The van der Waals surface area contributed by atoms with Crippen LogP contribution in [0.25, 0.3) is 10.8 Å². The maximum Gasteiger partial charge on any atom is 0.411 e. The van der Waals surface area contributed by atoms with Crippen LogP contribution in [0.15, 0.2) is 72.8 Å². The summed E-state index contributed by atoms with van der Waals surface area (Å²) in [5.41, 5.74) is 1.38. The predicted molar refractivity (Wildman–Crippen MR) is 114 cm³/mol. The fraction of sp³-hybridized carbons (Fsp3) is 0.250. The number of hydrogen-bond donors (Lipinski definition) is 2. The fourth-order valence-electron chi connectivity index (χ4n) is 3.89. The second-order valence-corrected chi connectivity index (χ2v) is 7.38. The van der Waals surface area contributed by atoms with E-state index in [0.29, 0.717) is 17.7 Å². The van der Waals surface area contributed by atoms with Gasteiger partial charge in [-0.3, -0.25) is 10.1 Å². The zero-order valence-electron chi connectivity index (χ0n) is 16.1. The first kappa shape index (κ1) is 19.0. The Morgan fingerprint density at radius 2 is 1.62 bits per heavy atom. The van der Waals surface area contributed by atoms with Crippen LogP contribution < -0.4 is 10.6 Å². The quantitative estimate of drug-likeness (QED) is 0.651. The Morgan fingerprint density at radius 3 is 2.48 bits per heavy atom. The molecule has 2 N–H and O–H groups in total. The van der Waals surface area contributed by atoms with Crippen molar-refractivity contribution >= 4 is 28.5 Å². The highest BCUT2D eigenvalue weighted by molar-refractivity contribution is 6.07. The van der Waals surface area contributed by atoms with Gasteiger partial charge in [-0.1, -0.05) is 54.6 Å². The topological polar surface area (TPSA) is 67.4 Å². The van der Waals surface area contributed by atoms with Crippen molar-refractivity contribution in [1.29, 1.82) is 0 Å². The Morgan fingerprint density at radius 1 is 0.862 bits per heavy atom. The first-order valence-corrected chi connectivity index (χ1v) is 10.0. The minimum absolute atomic E-state index is 0.00950. The zero-order chi connectivity index (χ0) is 20.1. The summed E-state index contributed by atoms with van der Waals surface area (Å²) in [5, 5.41) is 7.86. The molecule has 29 heavy (non-hydrogen) atoms. The summed E-state index contributed by atoms with van der Waals surface area (Å²) in [6, 6.07) is 22.8. The van der Waals surface area contributed by atoms with E-state index < -0.39 is 6.09 Å². The highest BCUT2D eigenvalue weighted by Gasteiger charge is 2.26. The first-order chi connectivity index (χ1) is 14.2. The van der Waals surface area contributed by atoms with E-state index in [9.17, 15) is 9.59 Å². The molecule has 3 aromatic rings. The third kappa shape index (κ3) is 4.74. The Kier molecular flexibility index (Phi) is 5.75. The Labute approximate surface area is 170 Å². The van der Waals surface area contributed by atoms with E-state index in [1.807, 2.05) is 72.8 Å². The third-order valence-corrected chi connectivity index (χ3v) is 5.29. The number of amides is 2. The van der Waals surface area contributed by atoms with Gasteiger partial charge in [0.15, 0.2) is 0 Å². The molecule has 2 atom stereocenters. The normalized spacial score (nSPS) is 18.8. The second kappa shape index (κ2) is 8.78. The molecule has 2 amide bonds. The number of para-hydroxylation sites is 1. The van der Waals surface area contributed by atoms with Crippen LogP contribution in [0.1, 0.15) is 36.0 Å². The van der Waals surface area contributed by atoms with E-state index in [-0.39, 0.29) is 18.1 Å². The molecule has 1 saturated carbocycles. The van der Waals surface area contributed by atoms with Crippen molar-refractivity contribution in [2.45, 2.75) is 37.8 Å². The largest absolute Gasteiger partial charge is 0.446 e. The molecule has 0 spiro atoms. The molecule has 1 aliphatic carbocycles. The molecule has 0 heterocycles. The van der Waals surface area contributed by atoms with E-state index in [2.05, 4.69) is 10.6 Å². The van der Waals surface area contributed by atoms with Gasteiger partial charge in [0.1, 0.15) is 6.10 Å². The molecular formula is C24H24N2O3. The molecule has 5 heteroatoms. The maximum atomic E-state index is 12.9. The predicted octanol–water partition coefficient (Wildman–Crippen LogP) is 5.13. The summed E-state index contributed by atoms with van der Waals surface area (Å²) in [6.07, 6.45) is 2.56. The smallest absolute Gasteiger partial charge is 0.411 e. The number of fused-ring (bicyclic) bond motifs is 1. The molecule has 148 valence electrons. The Balaban J connectivity index is 1.36. The van der Waals surface area contributed by atoms with Gasteiger partial charge in [-0.2, -0.15) is 0 Å². The second-order valence-electron chi connectivity index (χ2n) is 7.38. The van der Waals surface area contributed by atoms with E-state index >= 15 is 0 Å². The molecule has 0 aromatic heterocycles. The van der Waals surface area contributed by atoms with Crippen LogP contribution in [-0.4, -0.2) is 24.1 Å². The summed E-state index contributed by atoms with van der Waals surface area (Å²) < 4.78 is 5.58. The lowest BCUT2D eigenvalue weighted by Crippen LogP contribution is -2.41. The van der Waals surface area contributed by atoms with Crippen LogP contribution in [0.2, 0.25) is 0 Å². The molecule has 0 bridgehead atoms. The van der Waals surface area contributed by atoms with Crippen LogP contribution in [0, 0.1) is 0 Å². The number of carbonyl (C=O) groups is 2. The molecule has 0 radical (unpaired) electrons. The van der Waals surface area contributed by atoms with E-state index in [0.717, 1.165) is 30.0 Å². The lowest BCUT2D eigenvalue weighted by molar-refractivity contribution is 0.0713. The van der Waals surface area contributed by atoms with Gasteiger partial charge in [-0.05, 0) is 48.2 Å². The van der Waals surface area contributed by atoms with Gasteiger partial charge in [-0.25, -0.2) is 4.79 Å². The fourth-order valence-corrected chi connectivity index (χ4v) is 3.89. The van der Waals surface area contributed by atoms with Crippen molar-refractivity contribution in [3.05, 3.63) is 78.4 Å². The van der Waals surface area contributed by atoms with Crippen molar-refractivity contribution < 1.29 is 14.3 Å².